The fraction of sp³-hybridized carbons (Fsp3) is 0.600. The van der Waals surface area contributed by atoms with Gasteiger partial charge >= 0.3 is 0 Å². The highest BCUT2D eigenvalue weighted by molar-refractivity contribution is 7.90. The highest BCUT2D eigenvalue weighted by atomic mass is 32.2. The Morgan fingerprint density at radius 2 is 2.19 bits per heavy atom. The third kappa shape index (κ3) is 5.77. The third-order valence-electron chi connectivity index (χ3n) is 2.01. The molecule has 0 aromatic carbocycles. The Kier molecular flexibility index (Phi) is 4.82. The maximum atomic E-state index is 10.9. The van der Waals surface area contributed by atoms with Gasteiger partial charge in [0.15, 0.2) is 0 Å². The van der Waals surface area contributed by atoms with Crippen LogP contribution in [0.2, 0.25) is 0 Å². The van der Waals surface area contributed by atoms with E-state index in [-0.39, 0.29) is 5.75 Å². The number of nitrogens with one attached hydrogen (secondary N) is 1. The largest absolute Gasteiger partial charge is 0.311 e. The maximum absolute atomic E-state index is 10.9. The summed E-state index contributed by atoms with van der Waals surface area (Å²) in [4.78, 5) is 8.23. The fourth-order valence-electron chi connectivity index (χ4n) is 1.28. The normalized spacial score (nSPS) is 11.6. The number of nitrogens with zero attached hydrogens (tertiary/aromatic N) is 2. The zero-order valence-corrected chi connectivity index (χ0v) is 10.4. The fourth-order valence-corrected chi connectivity index (χ4v) is 1.95. The van der Waals surface area contributed by atoms with Crippen molar-refractivity contribution in [1.29, 1.82) is 0 Å². The SMILES string of the molecule is Cc1nccc(CNCCCS(C)(=O)=O)n1. The van der Waals surface area contributed by atoms with E-state index >= 15 is 0 Å². The molecule has 0 aliphatic carbocycles. The highest BCUT2D eigenvalue weighted by Crippen LogP contribution is 1.94. The van der Waals surface area contributed by atoms with E-state index in [1.54, 1.807) is 6.20 Å². The van der Waals surface area contributed by atoms with E-state index < -0.39 is 9.84 Å². The first kappa shape index (κ1) is 13.1. The van der Waals surface area contributed by atoms with Crippen molar-refractivity contribution in [3.05, 3.63) is 23.8 Å². The minimum Gasteiger partial charge on any atom is -0.311 e. The summed E-state index contributed by atoms with van der Waals surface area (Å²) >= 11 is 0. The average molecular weight is 243 g/mol. The molecule has 0 amide bonds. The van der Waals surface area contributed by atoms with Crippen LogP contribution in [0.3, 0.4) is 0 Å². The van der Waals surface area contributed by atoms with Crippen LogP contribution in [-0.2, 0) is 16.4 Å². The summed E-state index contributed by atoms with van der Waals surface area (Å²) in [5.74, 6) is 0.971. The Labute approximate surface area is 96.2 Å². The molecule has 0 saturated heterocycles. The van der Waals surface area contributed by atoms with E-state index in [2.05, 4.69) is 15.3 Å². The molecule has 90 valence electrons. The molecule has 0 saturated carbocycles. The smallest absolute Gasteiger partial charge is 0.147 e. The van der Waals surface area contributed by atoms with Gasteiger partial charge in [0.25, 0.3) is 0 Å². The predicted molar refractivity (Wildman–Crippen MR) is 62.8 cm³/mol. The molecular weight excluding hydrogens is 226 g/mol. The topological polar surface area (TPSA) is 72.0 Å². The van der Waals surface area contributed by atoms with Gasteiger partial charge in [-0.3, -0.25) is 0 Å². The van der Waals surface area contributed by atoms with Gasteiger partial charge in [-0.15, -0.1) is 0 Å². The molecule has 6 heteroatoms. The van der Waals surface area contributed by atoms with Crippen molar-refractivity contribution in [3.8, 4) is 0 Å². The summed E-state index contributed by atoms with van der Waals surface area (Å²) in [6, 6.07) is 1.84. The van der Waals surface area contributed by atoms with Crippen LogP contribution in [0.5, 0.6) is 0 Å². The molecule has 1 aromatic rings. The molecule has 5 nitrogen and oxygen atoms in total. The zero-order chi connectivity index (χ0) is 12.0. The van der Waals surface area contributed by atoms with Gasteiger partial charge in [-0.1, -0.05) is 0 Å². The highest BCUT2D eigenvalue weighted by Gasteiger charge is 2.01. The molecule has 0 fully saturated rings. The second-order valence-electron chi connectivity index (χ2n) is 3.76. The minimum atomic E-state index is -2.84. The first-order chi connectivity index (χ1) is 7.47. The van der Waals surface area contributed by atoms with E-state index in [1.807, 2.05) is 13.0 Å². The number of aromatic nitrogens is 2. The van der Waals surface area contributed by atoms with Crippen LogP contribution in [0.25, 0.3) is 0 Å². The van der Waals surface area contributed by atoms with Crippen LogP contribution in [0.15, 0.2) is 12.3 Å². The number of aryl methyl sites for hydroxylation is 1. The van der Waals surface area contributed by atoms with Gasteiger partial charge < -0.3 is 5.32 Å². The van der Waals surface area contributed by atoms with Gasteiger partial charge in [0.2, 0.25) is 0 Å². The Balaban J connectivity index is 2.21. The van der Waals surface area contributed by atoms with Crippen molar-refractivity contribution in [2.45, 2.75) is 19.9 Å². The summed E-state index contributed by atoms with van der Waals surface area (Å²) in [7, 11) is -2.84. The molecule has 0 bridgehead atoms. The van der Waals surface area contributed by atoms with Crippen LogP contribution in [0.4, 0.5) is 0 Å². The predicted octanol–water partition coefficient (Wildman–Crippen LogP) is 0.309. The molecule has 16 heavy (non-hydrogen) atoms. The average Bonchev–Trinajstić information content (AvgIpc) is 2.15. The summed E-state index contributed by atoms with van der Waals surface area (Å²) in [6.45, 7) is 3.16. The van der Waals surface area contributed by atoms with Crippen molar-refractivity contribution < 1.29 is 8.42 Å². The van der Waals surface area contributed by atoms with Gasteiger partial charge in [-0.05, 0) is 26.0 Å². The number of rotatable bonds is 6. The molecular formula is C10H17N3O2S. The molecule has 1 N–H and O–H groups in total. The molecule has 1 heterocycles. The Morgan fingerprint density at radius 1 is 1.44 bits per heavy atom. The van der Waals surface area contributed by atoms with Crippen LogP contribution < -0.4 is 5.32 Å². The van der Waals surface area contributed by atoms with Gasteiger partial charge in [0, 0.05) is 19.0 Å². The molecule has 1 rings (SSSR count). The van der Waals surface area contributed by atoms with Crippen molar-refractivity contribution in [2.75, 3.05) is 18.6 Å². The van der Waals surface area contributed by atoms with Gasteiger partial charge in [0.1, 0.15) is 15.7 Å². The van der Waals surface area contributed by atoms with Crippen LogP contribution in [0, 0.1) is 6.92 Å². The monoisotopic (exact) mass is 243 g/mol. The lowest BCUT2D eigenvalue weighted by Crippen LogP contribution is -2.18. The van der Waals surface area contributed by atoms with Crippen molar-refractivity contribution in [2.24, 2.45) is 0 Å². The molecule has 0 spiro atoms. The van der Waals surface area contributed by atoms with E-state index in [0.29, 0.717) is 19.5 Å². The molecule has 0 unspecified atom stereocenters. The molecule has 0 aliphatic rings. The lowest BCUT2D eigenvalue weighted by atomic mass is 10.4. The Morgan fingerprint density at radius 3 is 2.81 bits per heavy atom. The van der Waals surface area contributed by atoms with E-state index in [9.17, 15) is 8.42 Å². The summed E-state index contributed by atoms with van der Waals surface area (Å²) in [5.41, 5.74) is 0.923. The van der Waals surface area contributed by atoms with E-state index in [0.717, 1.165) is 11.5 Å². The summed E-state index contributed by atoms with van der Waals surface area (Å²) in [6.07, 6.45) is 3.60. The summed E-state index contributed by atoms with van der Waals surface area (Å²) in [5, 5.41) is 3.15. The number of hydrogen-bond acceptors (Lipinski definition) is 5. The third-order valence-corrected chi connectivity index (χ3v) is 3.04. The van der Waals surface area contributed by atoms with Crippen LogP contribution >= 0.6 is 0 Å². The molecule has 0 radical (unpaired) electrons. The lowest BCUT2D eigenvalue weighted by molar-refractivity contribution is 0.593. The zero-order valence-electron chi connectivity index (χ0n) is 9.60. The van der Waals surface area contributed by atoms with E-state index in [4.69, 9.17) is 0 Å². The van der Waals surface area contributed by atoms with Gasteiger partial charge in [-0.25, -0.2) is 18.4 Å². The van der Waals surface area contributed by atoms with Crippen LogP contribution in [-0.4, -0.2) is 36.9 Å². The van der Waals surface area contributed by atoms with Crippen LogP contribution in [0.1, 0.15) is 17.9 Å². The van der Waals surface area contributed by atoms with Gasteiger partial charge in [0.05, 0.1) is 11.4 Å². The number of sulfone groups is 1. The van der Waals surface area contributed by atoms with Crippen molar-refractivity contribution in [1.82, 2.24) is 15.3 Å². The van der Waals surface area contributed by atoms with E-state index in [1.165, 1.54) is 6.26 Å². The Bertz CT molecular complexity index is 431. The molecule has 1 aromatic heterocycles. The maximum Gasteiger partial charge on any atom is 0.147 e. The standard InChI is InChI=1S/C10H17N3O2S/c1-9-12-6-4-10(13-9)8-11-5-3-7-16(2,14)15/h4,6,11H,3,5,7-8H2,1-2H3. The lowest BCUT2D eigenvalue weighted by Gasteiger charge is -2.04. The first-order valence-corrected chi connectivity index (χ1v) is 7.20. The Hall–Kier alpha value is -1.01. The van der Waals surface area contributed by atoms with Gasteiger partial charge in [-0.2, -0.15) is 0 Å². The first-order valence-electron chi connectivity index (χ1n) is 5.14. The quantitative estimate of drug-likeness (QED) is 0.728. The van der Waals surface area contributed by atoms with Crippen molar-refractivity contribution >= 4 is 9.84 Å². The summed E-state index contributed by atoms with van der Waals surface area (Å²) < 4.78 is 21.7. The second kappa shape index (κ2) is 5.91. The second-order valence-corrected chi connectivity index (χ2v) is 6.02. The number of hydrogen-bond donors (Lipinski definition) is 1. The van der Waals surface area contributed by atoms with Crippen molar-refractivity contribution in [3.63, 3.8) is 0 Å². The minimum absolute atomic E-state index is 0.225. The molecule has 0 aliphatic heterocycles. The molecule has 0 atom stereocenters.